The second-order valence-electron chi connectivity index (χ2n) is 11.6. The minimum Gasteiger partial charge on any atom is -0.367 e. The van der Waals surface area contributed by atoms with Crippen LogP contribution < -0.4 is 16.0 Å². The molecule has 0 spiro atoms. The topological polar surface area (TPSA) is 96.2 Å². The summed E-state index contributed by atoms with van der Waals surface area (Å²) in [6.45, 7) is 8.19. The van der Waals surface area contributed by atoms with Crippen LogP contribution >= 0.6 is 0 Å². The van der Waals surface area contributed by atoms with Crippen LogP contribution in [0, 0.1) is 0 Å². The average molecular weight is 596 g/mol. The third kappa shape index (κ3) is 6.10. The summed E-state index contributed by atoms with van der Waals surface area (Å²) in [6.07, 6.45) is 5.40. The summed E-state index contributed by atoms with van der Waals surface area (Å²) in [5, 5.41) is 16.3. The Labute approximate surface area is 254 Å². The number of anilines is 3. The number of benzene rings is 2. The van der Waals surface area contributed by atoms with Crippen molar-refractivity contribution in [3.8, 4) is 11.3 Å². The van der Waals surface area contributed by atoms with Crippen molar-refractivity contribution in [1.82, 2.24) is 19.6 Å². The van der Waals surface area contributed by atoms with Gasteiger partial charge in [0.25, 0.3) is 0 Å². The van der Waals surface area contributed by atoms with Gasteiger partial charge in [0, 0.05) is 59.9 Å². The maximum Gasteiger partial charge on any atom is 0.248 e. The van der Waals surface area contributed by atoms with E-state index in [-0.39, 0.29) is 30.7 Å². The van der Waals surface area contributed by atoms with E-state index >= 15 is 0 Å². The molecule has 0 saturated heterocycles. The van der Waals surface area contributed by atoms with Gasteiger partial charge in [0.15, 0.2) is 5.65 Å². The van der Waals surface area contributed by atoms with Gasteiger partial charge in [-0.2, -0.15) is 9.61 Å². The molecule has 0 bridgehead atoms. The predicted octanol–water partition coefficient (Wildman–Crippen LogP) is 7.79. The van der Waals surface area contributed by atoms with Gasteiger partial charge in [-0.1, -0.05) is 50.8 Å². The first-order valence-corrected chi connectivity index (χ1v) is 14.9. The molecule has 1 amide bonds. The number of pyridine rings is 1. The van der Waals surface area contributed by atoms with Gasteiger partial charge in [0.2, 0.25) is 11.8 Å². The van der Waals surface area contributed by atoms with E-state index in [0.29, 0.717) is 30.9 Å². The molecule has 5 aromatic rings. The Morgan fingerprint density at radius 3 is 2.70 bits per heavy atom. The average Bonchev–Trinajstić information content (AvgIpc) is 3.45. The van der Waals surface area contributed by atoms with Crippen molar-refractivity contribution in [3.63, 3.8) is 0 Å². The van der Waals surface area contributed by atoms with Crippen molar-refractivity contribution in [2.45, 2.75) is 64.0 Å². The van der Waals surface area contributed by atoms with Crippen LogP contribution in [0.2, 0.25) is 0 Å². The number of nitrogens with zero attached hydrogens (tertiary/aromatic N) is 4. The van der Waals surface area contributed by atoms with E-state index in [2.05, 4.69) is 47.5 Å². The fraction of sp³-hybridized carbons (Fsp3) is 0.294. The lowest BCUT2D eigenvalue weighted by molar-refractivity contribution is -0.111. The van der Waals surface area contributed by atoms with E-state index in [1.165, 1.54) is 6.08 Å². The predicted molar refractivity (Wildman–Crippen MR) is 171 cm³/mol. The number of alkyl halides is 2. The zero-order chi connectivity index (χ0) is 30.8. The van der Waals surface area contributed by atoms with Crippen LogP contribution in [0.4, 0.5) is 26.1 Å². The maximum absolute atomic E-state index is 13.8. The molecule has 1 aliphatic rings. The molecular weight excluding hydrogens is 560 g/mol. The van der Waals surface area contributed by atoms with Crippen LogP contribution in [0.15, 0.2) is 79.6 Å². The fourth-order valence-electron chi connectivity index (χ4n) is 5.74. The zero-order valence-corrected chi connectivity index (χ0v) is 24.8. The number of halogens is 2. The summed E-state index contributed by atoms with van der Waals surface area (Å²) < 4.78 is 29.4. The summed E-state index contributed by atoms with van der Waals surface area (Å²) in [5.74, 6) is -1.26. The van der Waals surface area contributed by atoms with Crippen LogP contribution in [-0.4, -0.2) is 37.5 Å². The first-order valence-electron chi connectivity index (χ1n) is 14.9. The Bertz CT molecular complexity index is 1840. The summed E-state index contributed by atoms with van der Waals surface area (Å²) in [7, 11) is 0. The molecule has 1 saturated carbocycles. The summed E-state index contributed by atoms with van der Waals surface area (Å²) in [5.41, 5.74) is 5.26. The van der Waals surface area contributed by atoms with Crippen molar-refractivity contribution in [2.24, 2.45) is 0 Å². The highest BCUT2D eigenvalue weighted by atomic mass is 19.3. The van der Waals surface area contributed by atoms with Gasteiger partial charge >= 0.3 is 0 Å². The molecule has 3 heterocycles. The van der Waals surface area contributed by atoms with Crippen molar-refractivity contribution < 1.29 is 13.6 Å². The summed E-state index contributed by atoms with van der Waals surface area (Å²) in [6, 6.07) is 17.6. The SMILES string of the molecule is C=CC(=O)Nc1ccc2c(-c3ccccc3CNc3cc(NC4CCC(F)(F)CC4)nc4c(C(C)C)cnn34)nccc2c1. The van der Waals surface area contributed by atoms with Gasteiger partial charge in [-0.3, -0.25) is 9.78 Å². The molecule has 3 N–H and O–H groups in total. The Morgan fingerprint density at radius 2 is 1.93 bits per heavy atom. The zero-order valence-electron chi connectivity index (χ0n) is 24.8. The van der Waals surface area contributed by atoms with Gasteiger partial charge in [-0.25, -0.2) is 13.8 Å². The van der Waals surface area contributed by atoms with Crippen molar-refractivity contribution in [1.29, 1.82) is 0 Å². The lowest BCUT2D eigenvalue weighted by Crippen LogP contribution is -2.32. The molecule has 0 radical (unpaired) electrons. The van der Waals surface area contributed by atoms with E-state index in [4.69, 9.17) is 9.97 Å². The molecule has 10 heteroatoms. The van der Waals surface area contributed by atoms with Crippen LogP contribution in [-0.2, 0) is 11.3 Å². The number of fused-ring (bicyclic) bond motifs is 2. The van der Waals surface area contributed by atoms with Crippen molar-refractivity contribution in [2.75, 3.05) is 16.0 Å². The molecule has 3 aromatic heterocycles. The van der Waals surface area contributed by atoms with E-state index in [1.54, 1.807) is 10.7 Å². The smallest absolute Gasteiger partial charge is 0.248 e. The molecule has 226 valence electrons. The third-order valence-corrected chi connectivity index (χ3v) is 8.14. The number of nitrogens with one attached hydrogen (secondary N) is 3. The Morgan fingerprint density at radius 1 is 1.14 bits per heavy atom. The molecule has 1 fully saturated rings. The van der Waals surface area contributed by atoms with Gasteiger partial charge < -0.3 is 16.0 Å². The van der Waals surface area contributed by atoms with E-state index in [0.717, 1.165) is 44.6 Å². The fourth-order valence-corrected chi connectivity index (χ4v) is 5.74. The highest BCUT2D eigenvalue weighted by Crippen LogP contribution is 2.35. The number of aromatic nitrogens is 4. The van der Waals surface area contributed by atoms with E-state index in [9.17, 15) is 13.6 Å². The van der Waals surface area contributed by atoms with Gasteiger partial charge in [0.05, 0.1) is 11.9 Å². The quantitative estimate of drug-likeness (QED) is 0.151. The number of carbonyl (C=O) groups is 1. The molecule has 1 aliphatic carbocycles. The number of carbonyl (C=O) groups excluding carboxylic acids is 1. The molecular formula is C34H35F2N7O. The third-order valence-electron chi connectivity index (χ3n) is 8.14. The molecule has 2 aromatic carbocycles. The highest BCUT2D eigenvalue weighted by Gasteiger charge is 2.35. The number of hydrogen-bond acceptors (Lipinski definition) is 6. The van der Waals surface area contributed by atoms with E-state index < -0.39 is 5.92 Å². The Balaban J connectivity index is 1.31. The first kappa shape index (κ1) is 29.2. The lowest BCUT2D eigenvalue weighted by Gasteiger charge is -2.29. The van der Waals surface area contributed by atoms with Gasteiger partial charge in [-0.15, -0.1) is 0 Å². The monoisotopic (exact) mass is 595 g/mol. The van der Waals surface area contributed by atoms with Crippen molar-refractivity contribution in [3.05, 3.63) is 90.8 Å². The maximum atomic E-state index is 13.8. The normalized spacial score (nSPS) is 15.0. The Hall–Kier alpha value is -4.86. The molecule has 6 rings (SSSR count). The molecule has 0 atom stereocenters. The highest BCUT2D eigenvalue weighted by molar-refractivity contribution is 6.02. The lowest BCUT2D eigenvalue weighted by atomic mass is 9.92. The number of hydrogen-bond donors (Lipinski definition) is 3. The molecule has 44 heavy (non-hydrogen) atoms. The van der Waals surface area contributed by atoms with Crippen LogP contribution in [0.1, 0.15) is 56.6 Å². The number of amides is 1. The summed E-state index contributed by atoms with van der Waals surface area (Å²) >= 11 is 0. The molecule has 0 unspecified atom stereocenters. The van der Waals surface area contributed by atoms with Gasteiger partial charge in [0.1, 0.15) is 11.6 Å². The molecule has 0 aliphatic heterocycles. The van der Waals surface area contributed by atoms with Crippen molar-refractivity contribution >= 4 is 39.6 Å². The van der Waals surface area contributed by atoms with Gasteiger partial charge in [-0.05, 0) is 54.0 Å². The largest absolute Gasteiger partial charge is 0.367 e. The minimum absolute atomic E-state index is 0.0633. The Kier molecular flexibility index (Phi) is 7.99. The van der Waals surface area contributed by atoms with Crippen LogP contribution in [0.5, 0.6) is 0 Å². The van der Waals surface area contributed by atoms with E-state index in [1.807, 2.05) is 54.7 Å². The first-order chi connectivity index (χ1) is 21.2. The number of rotatable bonds is 9. The standard InChI is InChI=1S/C34H35F2N7O/c1-4-31(44)41-25-9-10-27-22(17-25)13-16-37-32(27)26-8-6-5-7-23(26)19-38-30-18-29(40-24-11-14-34(35,36)15-12-24)42-33-28(21(2)3)20-39-43(30)33/h4-10,13,16-18,20-21,24,38H,1,11-12,14-15,19H2,2-3H3,(H,40,42)(H,41,44). The van der Waals surface area contributed by atoms with Crippen LogP contribution in [0.25, 0.3) is 27.7 Å². The second-order valence-corrected chi connectivity index (χ2v) is 11.6. The minimum atomic E-state index is -2.59. The molecule has 8 nitrogen and oxygen atoms in total. The second kappa shape index (κ2) is 12.0. The van der Waals surface area contributed by atoms with Crippen LogP contribution in [0.3, 0.4) is 0 Å². The summed E-state index contributed by atoms with van der Waals surface area (Å²) in [4.78, 5) is 21.4.